The van der Waals surface area contributed by atoms with Gasteiger partial charge in [-0.15, -0.1) is 0 Å². The monoisotopic (exact) mass is 314 g/mol. The molecule has 1 aromatic heterocycles. The van der Waals surface area contributed by atoms with Gasteiger partial charge in [0, 0.05) is 17.4 Å². The second-order valence-electron chi connectivity index (χ2n) is 4.52. The van der Waals surface area contributed by atoms with E-state index in [2.05, 4.69) is 10.3 Å². The highest BCUT2D eigenvalue weighted by Crippen LogP contribution is 2.32. The number of pyridine rings is 1. The first-order valence-corrected chi connectivity index (χ1v) is 7.22. The summed E-state index contributed by atoms with van der Waals surface area (Å²) in [5.41, 5.74) is 3.75. The van der Waals surface area contributed by atoms with Crippen molar-refractivity contribution >= 4 is 34.6 Å². The number of nitrogens with one attached hydrogen (secondary N) is 1. The van der Waals surface area contributed by atoms with E-state index in [1.807, 2.05) is 54.6 Å². The van der Waals surface area contributed by atoms with Crippen LogP contribution in [0.5, 0.6) is 0 Å². The van der Waals surface area contributed by atoms with E-state index >= 15 is 0 Å². The molecule has 0 radical (unpaired) electrons. The van der Waals surface area contributed by atoms with Gasteiger partial charge in [0.1, 0.15) is 0 Å². The largest absolute Gasteiger partial charge is 0.354 e. The molecule has 1 N–H and O–H groups in total. The van der Waals surface area contributed by atoms with Gasteiger partial charge in [-0.1, -0.05) is 47.5 Å². The summed E-state index contributed by atoms with van der Waals surface area (Å²) in [4.78, 5) is 4.33. The van der Waals surface area contributed by atoms with Gasteiger partial charge >= 0.3 is 0 Å². The van der Waals surface area contributed by atoms with Gasteiger partial charge in [-0.25, -0.2) is 0 Å². The molecule has 0 aliphatic heterocycles. The zero-order chi connectivity index (χ0) is 14.7. The van der Waals surface area contributed by atoms with Crippen LogP contribution in [-0.2, 0) is 0 Å². The molecular weight excluding hydrogens is 303 g/mol. The predicted molar refractivity (Wildman–Crippen MR) is 89.4 cm³/mol. The first kappa shape index (κ1) is 13.9. The molecule has 4 heteroatoms. The molecule has 104 valence electrons. The molecule has 0 aliphatic carbocycles. The Morgan fingerprint density at radius 3 is 2.33 bits per heavy atom. The first-order valence-electron chi connectivity index (χ1n) is 6.46. The highest BCUT2D eigenvalue weighted by Gasteiger charge is 2.05. The smallest absolute Gasteiger partial charge is 0.0827 e. The minimum absolute atomic E-state index is 0.521. The van der Waals surface area contributed by atoms with Gasteiger partial charge in [-0.3, -0.25) is 4.98 Å². The summed E-state index contributed by atoms with van der Waals surface area (Å²) >= 11 is 12.2. The second-order valence-corrected chi connectivity index (χ2v) is 5.30. The Kier molecular flexibility index (Phi) is 4.09. The van der Waals surface area contributed by atoms with Crippen LogP contribution < -0.4 is 5.32 Å². The molecule has 0 aliphatic rings. The maximum Gasteiger partial charge on any atom is 0.0827 e. The number of hydrogen-bond donors (Lipinski definition) is 1. The van der Waals surface area contributed by atoms with E-state index in [1.165, 1.54) is 0 Å². The lowest BCUT2D eigenvalue weighted by molar-refractivity contribution is 1.33. The number of halogens is 2. The fourth-order valence-corrected chi connectivity index (χ4v) is 2.36. The number of nitrogens with zero attached hydrogens (tertiary/aromatic N) is 1. The van der Waals surface area contributed by atoms with E-state index in [0.29, 0.717) is 10.0 Å². The van der Waals surface area contributed by atoms with Crippen LogP contribution in [0.4, 0.5) is 11.4 Å². The van der Waals surface area contributed by atoms with Crippen molar-refractivity contribution in [2.24, 2.45) is 0 Å². The van der Waals surface area contributed by atoms with Gasteiger partial charge in [-0.05, 0) is 36.4 Å². The number of anilines is 2. The molecule has 3 aromatic rings. The van der Waals surface area contributed by atoms with Crippen molar-refractivity contribution in [1.82, 2.24) is 4.98 Å². The second kappa shape index (κ2) is 6.17. The van der Waals surface area contributed by atoms with Crippen molar-refractivity contribution in [3.63, 3.8) is 0 Å². The Bertz CT molecular complexity index is 740. The SMILES string of the molecule is Clc1cccc(Nc2ccc(-c3ccccn3)cc2)c1Cl. The quantitative estimate of drug-likeness (QED) is 0.661. The molecule has 21 heavy (non-hydrogen) atoms. The van der Waals surface area contributed by atoms with E-state index in [-0.39, 0.29) is 0 Å². The highest BCUT2D eigenvalue weighted by atomic mass is 35.5. The van der Waals surface area contributed by atoms with Gasteiger partial charge in [0.25, 0.3) is 0 Å². The van der Waals surface area contributed by atoms with Crippen LogP contribution >= 0.6 is 23.2 Å². The van der Waals surface area contributed by atoms with Gasteiger partial charge in [0.2, 0.25) is 0 Å². The number of rotatable bonds is 3. The van der Waals surface area contributed by atoms with Crippen LogP contribution in [0, 0.1) is 0 Å². The third-order valence-electron chi connectivity index (χ3n) is 3.08. The molecule has 1 heterocycles. The molecular formula is C17H12Cl2N2. The van der Waals surface area contributed by atoms with E-state index in [4.69, 9.17) is 23.2 Å². The molecule has 0 saturated heterocycles. The van der Waals surface area contributed by atoms with Gasteiger partial charge < -0.3 is 5.32 Å². The number of hydrogen-bond acceptors (Lipinski definition) is 2. The van der Waals surface area contributed by atoms with Crippen LogP contribution in [-0.4, -0.2) is 4.98 Å². The summed E-state index contributed by atoms with van der Waals surface area (Å²) in [5.74, 6) is 0. The molecule has 2 nitrogen and oxygen atoms in total. The summed E-state index contributed by atoms with van der Waals surface area (Å²) in [5, 5.41) is 4.31. The van der Waals surface area contributed by atoms with Crippen LogP contribution in [0.2, 0.25) is 10.0 Å². The molecule has 0 spiro atoms. The van der Waals surface area contributed by atoms with Crippen LogP contribution in [0.25, 0.3) is 11.3 Å². The average molecular weight is 315 g/mol. The number of benzene rings is 2. The van der Waals surface area contributed by atoms with Crippen LogP contribution in [0.1, 0.15) is 0 Å². The van der Waals surface area contributed by atoms with Crippen molar-refractivity contribution < 1.29 is 0 Å². The molecule has 0 atom stereocenters. The Morgan fingerprint density at radius 1 is 0.810 bits per heavy atom. The van der Waals surface area contributed by atoms with E-state index in [0.717, 1.165) is 22.6 Å². The molecule has 0 unspecified atom stereocenters. The fourth-order valence-electron chi connectivity index (χ4n) is 2.01. The summed E-state index contributed by atoms with van der Waals surface area (Å²) in [7, 11) is 0. The van der Waals surface area contributed by atoms with Gasteiger partial charge in [0.15, 0.2) is 0 Å². The Labute approximate surface area is 133 Å². The molecule has 0 fully saturated rings. The normalized spacial score (nSPS) is 10.4. The van der Waals surface area contributed by atoms with Crippen molar-refractivity contribution in [2.45, 2.75) is 0 Å². The Hall–Kier alpha value is -2.03. The molecule has 0 saturated carbocycles. The van der Waals surface area contributed by atoms with Crippen molar-refractivity contribution in [2.75, 3.05) is 5.32 Å². The zero-order valence-corrected chi connectivity index (χ0v) is 12.6. The third kappa shape index (κ3) is 3.18. The minimum atomic E-state index is 0.521. The average Bonchev–Trinajstić information content (AvgIpc) is 2.53. The van der Waals surface area contributed by atoms with Crippen molar-refractivity contribution in [1.29, 1.82) is 0 Å². The summed E-state index contributed by atoms with van der Waals surface area (Å²) in [6.45, 7) is 0. The van der Waals surface area contributed by atoms with E-state index < -0.39 is 0 Å². The lowest BCUT2D eigenvalue weighted by Crippen LogP contribution is -1.91. The molecule has 3 rings (SSSR count). The topological polar surface area (TPSA) is 24.9 Å². The zero-order valence-electron chi connectivity index (χ0n) is 11.1. The summed E-state index contributed by atoms with van der Waals surface area (Å²) < 4.78 is 0. The number of aromatic nitrogens is 1. The third-order valence-corrected chi connectivity index (χ3v) is 3.90. The lowest BCUT2D eigenvalue weighted by atomic mass is 10.1. The highest BCUT2D eigenvalue weighted by molar-refractivity contribution is 6.43. The molecule has 0 bridgehead atoms. The predicted octanol–water partition coefficient (Wildman–Crippen LogP) is 5.80. The summed E-state index contributed by atoms with van der Waals surface area (Å²) in [6, 6.07) is 19.4. The molecule has 0 amide bonds. The van der Waals surface area contributed by atoms with Crippen molar-refractivity contribution in [3.05, 3.63) is 76.9 Å². The maximum atomic E-state index is 6.17. The fraction of sp³-hybridized carbons (Fsp3) is 0. The minimum Gasteiger partial charge on any atom is -0.354 e. The van der Waals surface area contributed by atoms with E-state index in [1.54, 1.807) is 12.3 Å². The maximum absolute atomic E-state index is 6.17. The Balaban J connectivity index is 1.83. The summed E-state index contributed by atoms with van der Waals surface area (Å²) in [6.07, 6.45) is 1.78. The Morgan fingerprint density at radius 2 is 1.62 bits per heavy atom. The van der Waals surface area contributed by atoms with Crippen molar-refractivity contribution in [3.8, 4) is 11.3 Å². The van der Waals surface area contributed by atoms with Crippen LogP contribution in [0.15, 0.2) is 66.9 Å². The lowest BCUT2D eigenvalue weighted by Gasteiger charge is -2.10. The molecule has 2 aromatic carbocycles. The van der Waals surface area contributed by atoms with Gasteiger partial charge in [-0.2, -0.15) is 0 Å². The first-order chi connectivity index (χ1) is 10.2. The standard InChI is InChI=1S/C17H12Cl2N2/c18-14-4-3-6-16(17(14)19)21-13-9-7-12(8-10-13)15-5-1-2-11-20-15/h1-11,21H. The van der Waals surface area contributed by atoms with Gasteiger partial charge in [0.05, 0.1) is 21.4 Å². The van der Waals surface area contributed by atoms with Crippen LogP contribution in [0.3, 0.4) is 0 Å². The van der Waals surface area contributed by atoms with E-state index in [9.17, 15) is 0 Å².